The van der Waals surface area contributed by atoms with E-state index in [2.05, 4.69) is 5.32 Å². The van der Waals surface area contributed by atoms with E-state index < -0.39 is 17.3 Å². The number of anilines is 1. The molecule has 0 spiro atoms. The lowest BCUT2D eigenvalue weighted by molar-refractivity contribution is -0.137. The van der Waals surface area contributed by atoms with Gasteiger partial charge in [0.2, 0.25) is 5.91 Å². The van der Waals surface area contributed by atoms with Crippen molar-refractivity contribution >= 4 is 11.6 Å². The fourth-order valence-corrected chi connectivity index (χ4v) is 2.94. The second-order valence-electron chi connectivity index (χ2n) is 6.32. The molecular formula is C16H21F3N2O. The van der Waals surface area contributed by atoms with Gasteiger partial charge in [0.25, 0.3) is 0 Å². The molecule has 0 aromatic heterocycles. The van der Waals surface area contributed by atoms with Crippen LogP contribution in [-0.4, -0.2) is 11.4 Å². The molecule has 1 aliphatic carbocycles. The Balaban J connectivity index is 2.21. The topological polar surface area (TPSA) is 55.1 Å². The Morgan fingerprint density at radius 3 is 2.64 bits per heavy atom. The lowest BCUT2D eigenvalue weighted by atomic mass is 9.74. The second-order valence-corrected chi connectivity index (χ2v) is 6.32. The van der Waals surface area contributed by atoms with Crippen molar-refractivity contribution in [2.75, 3.05) is 5.32 Å². The number of rotatable bonds is 2. The maximum Gasteiger partial charge on any atom is 0.416 e. The Labute approximate surface area is 128 Å². The van der Waals surface area contributed by atoms with E-state index in [0.717, 1.165) is 31.4 Å². The summed E-state index contributed by atoms with van der Waals surface area (Å²) < 4.78 is 38.3. The largest absolute Gasteiger partial charge is 0.416 e. The fourth-order valence-electron chi connectivity index (χ4n) is 2.94. The van der Waals surface area contributed by atoms with Crippen LogP contribution in [-0.2, 0) is 11.0 Å². The molecule has 0 saturated heterocycles. The molecule has 0 bridgehead atoms. The number of carbonyl (C=O) groups is 1. The first kappa shape index (κ1) is 16.8. The standard InChI is InChI=1S/C16H21F3N2O/c1-10-6-7-11(16(17,18)19)9-13(10)21-14(22)12-5-3-4-8-15(12,2)20/h6-7,9,12H,3-5,8,20H2,1-2H3,(H,21,22). The third kappa shape index (κ3) is 3.61. The van der Waals surface area contributed by atoms with Crippen LogP contribution in [0.3, 0.4) is 0 Å². The quantitative estimate of drug-likeness (QED) is 0.871. The maximum atomic E-state index is 12.8. The molecule has 22 heavy (non-hydrogen) atoms. The van der Waals surface area contributed by atoms with Crippen LogP contribution >= 0.6 is 0 Å². The summed E-state index contributed by atoms with van der Waals surface area (Å²) >= 11 is 0. The fraction of sp³-hybridized carbons (Fsp3) is 0.562. The van der Waals surface area contributed by atoms with E-state index in [1.165, 1.54) is 6.07 Å². The number of carbonyl (C=O) groups excluding carboxylic acids is 1. The first-order valence-electron chi connectivity index (χ1n) is 7.39. The summed E-state index contributed by atoms with van der Waals surface area (Å²) in [5, 5.41) is 2.63. The Hall–Kier alpha value is -1.56. The average Bonchev–Trinajstić information content (AvgIpc) is 2.39. The molecule has 1 fully saturated rings. The lowest BCUT2D eigenvalue weighted by Crippen LogP contribution is -2.51. The highest BCUT2D eigenvalue weighted by molar-refractivity contribution is 5.94. The molecule has 1 saturated carbocycles. The van der Waals surface area contributed by atoms with Gasteiger partial charge in [0.15, 0.2) is 0 Å². The summed E-state index contributed by atoms with van der Waals surface area (Å²) in [6, 6.07) is 3.35. The van der Waals surface area contributed by atoms with Gasteiger partial charge in [0.05, 0.1) is 11.5 Å². The Kier molecular flexibility index (Phi) is 4.52. The SMILES string of the molecule is Cc1ccc(C(F)(F)F)cc1NC(=O)C1CCCCC1(C)N. The van der Waals surface area contributed by atoms with E-state index in [9.17, 15) is 18.0 Å². The number of hydrogen-bond donors (Lipinski definition) is 2. The van der Waals surface area contributed by atoms with Gasteiger partial charge in [-0.15, -0.1) is 0 Å². The highest BCUT2D eigenvalue weighted by Crippen LogP contribution is 2.34. The number of benzene rings is 1. The summed E-state index contributed by atoms with van der Waals surface area (Å²) in [6.45, 7) is 3.49. The molecule has 1 aromatic rings. The van der Waals surface area contributed by atoms with Gasteiger partial charge in [-0.1, -0.05) is 18.9 Å². The molecule has 2 unspecified atom stereocenters. The zero-order chi connectivity index (χ0) is 16.5. The first-order chi connectivity index (χ1) is 10.1. The van der Waals surface area contributed by atoms with Crippen LogP contribution in [0.1, 0.15) is 43.7 Å². The van der Waals surface area contributed by atoms with Gasteiger partial charge in [-0.2, -0.15) is 13.2 Å². The van der Waals surface area contributed by atoms with E-state index >= 15 is 0 Å². The minimum Gasteiger partial charge on any atom is -0.326 e. The van der Waals surface area contributed by atoms with Gasteiger partial charge >= 0.3 is 6.18 Å². The number of aryl methyl sites for hydroxylation is 1. The van der Waals surface area contributed by atoms with E-state index in [1.54, 1.807) is 6.92 Å². The van der Waals surface area contributed by atoms with Crippen LogP contribution in [0.2, 0.25) is 0 Å². The van der Waals surface area contributed by atoms with Crippen molar-refractivity contribution in [2.45, 2.75) is 51.2 Å². The Morgan fingerprint density at radius 2 is 2.05 bits per heavy atom. The average molecular weight is 314 g/mol. The van der Waals surface area contributed by atoms with Crippen LogP contribution in [0.5, 0.6) is 0 Å². The van der Waals surface area contributed by atoms with Crippen molar-refractivity contribution in [3.63, 3.8) is 0 Å². The molecule has 3 nitrogen and oxygen atoms in total. The molecule has 1 aliphatic rings. The molecule has 0 heterocycles. The molecule has 1 aromatic carbocycles. The molecule has 122 valence electrons. The van der Waals surface area contributed by atoms with Gasteiger partial charge in [0.1, 0.15) is 0 Å². The van der Waals surface area contributed by atoms with Gasteiger partial charge in [-0.3, -0.25) is 4.79 Å². The monoisotopic (exact) mass is 314 g/mol. The van der Waals surface area contributed by atoms with Crippen molar-refractivity contribution in [1.82, 2.24) is 0 Å². The van der Waals surface area contributed by atoms with Crippen molar-refractivity contribution in [3.8, 4) is 0 Å². The number of alkyl halides is 3. The third-order valence-electron chi connectivity index (χ3n) is 4.39. The molecule has 3 N–H and O–H groups in total. The minimum atomic E-state index is -4.43. The van der Waals surface area contributed by atoms with Crippen molar-refractivity contribution in [1.29, 1.82) is 0 Å². The van der Waals surface area contributed by atoms with E-state index in [0.29, 0.717) is 12.0 Å². The van der Waals surface area contributed by atoms with Crippen molar-refractivity contribution < 1.29 is 18.0 Å². The van der Waals surface area contributed by atoms with Crippen LogP contribution in [0, 0.1) is 12.8 Å². The molecular weight excluding hydrogens is 293 g/mol. The molecule has 0 radical (unpaired) electrons. The minimum absolute atomic E-state index is 0.196. The molecule has 1 amide bonds. The highest BCUT2D eigenvalue weighted by atomic mass is 19.4. The normalized spacial score (nSPS) is 25.8. The Bertz CT molecular complexity index is 567. The Morgan fingerprint density at radius 1 is 1.36 bits per heavy atom. The second kappa shape index (κ2) is 5.91. The van der Waals surface area contributed by atoms with E-state index in [1.807, 2.05) is 6.92 Å². The summed E-state index contributed by atoms with van der Waals surface area (Å²) in [7, 11) is 0. The number of amides is 1. The van der Waals surface area contributed by atoms with Crippen LogP contribution in [0.25, 0.3) is 0 Å². The molecule has 2 atom stereocenters. The zero-order valence-electron chi connectivity index (χ0n) is 12.8. The van der Waals surface area contributed by atoms with Gasteiger partial charge in [0, 0.05) is 11.2 Å². The van der Waals surface area contributed by atoms with Gasteiger partial charge < -0.3 is 11.1 Å². The number of hydrogen-bond acceptors (Lipinski definition) is 2. The predicted octanol–water partition coefficient (Wildman–Crippen LogP) is 3.86. The molecule has 0 aliphatic heterocycles. The first-order valence-corrected chi connectivity index (χ1v) is 7.39. The van der Waals surface area contributed by atoms with E-state index in [4.69, 9.17) is 5.73 Å². The molecule has 2 rings (SSSR count). The van der Waals surface area contributed by atoms with Crippen LogP contribution < -0.4 is 11.1 Å². The van der Waals surface area contributed by atoms with E-state index in [-0.39, 0.29) is 17.5 Å². The van der Waals surface area contributed by atoms with Gasteiger partial charge in [-0.25, -0.2) is 0 Å². The molecule has 6 heteroatoms. The summed E-state index contributed by atoms with van der Waals surface area (Å²) in [6.07, 6.45) is -1.14. The van der Waals surface area contributed by atoms with Crippen molar-refractivity contribution in [2.24, 2.45) is 11.7 Å². The predicted molar refractivity (Wildman–Crippen MR) is 79.4 cm³/mol. The van der Waals surface area contributed by atoms with Gasteiger partial charge in [-0.05, 0) is 44.4 Å². The number of nitrogens with two attached hydrogens (primary N) is 1. The smallest absolute Gasteiger partial charge is 0.326 e. The van der Waals surface area contributed by atoms with Crippen LogP contribution in [0.15, 0.2) is 18.2 Å². The maximum absolute atomic E-state index is 12.8. The summed E-state index contributed by atoms with van der Waals surface area (Å²) in [5.74, 6) is -0.678. The van der Waals surface area contributed by atoms with Crippen molar-refractivity contribution in [3.05, 3.63) is 29.3 Å². The number of nitrogens with one attached hydrogen (secondary N) is 1. The number of halogens is 3. The summed E-state index contributed by atoms with van der Waals surface area (Å²) in [4.78, 5) is 12.4. The van der Waals surface area contributed by atoms with Crippen LogP contribution in [0.4, 0.5) is 18.9 Å². The third-order valence-corrected chi connectivity index (χ3v) is 4.39. The summed E-state index contributed by atoms with van der Waals surface area (Å²) in [5.41, 5.74) is 5.58. The lowest BCUT2D eigenvalue weighted by Gasteiger charge is -2.37. The highest BCUT2D eigenvalue weighted by Gasteiger charge is 2.38. The zero-order valence-corrected chi connectivity index (χ0v) is 12.8.